The van der Waals surface area contributed by atoms with Crippen molar-refractivity contribution in [3.63, 3.8) is 0 Å². The lowest BCUT2D eigenvalue weighted by Crippen LogP contribution is -2.41. The molecule has 1 aromatic heterocycles. The number of carbonyl (C=O) groups is 1. The molecule has 236 valence electrons. The second kappa shape index (κ2) is 11.0. The van der Waals surface area contributed by atoms with E-state index in [4.69, 9.17) is 19.5 Å². The van der Waals surface area contributed by atoms with Crippen molar-refractivity contribution >= 4 is 39.5 Å². The third kappa shape index (κ3) is 6.04. The summed E-state index contributed by atoms with van der Waals surface area (Å²) in [7, 11) is -4.64. The molecule has 2 fully saturated rings. The minimum atomic E-state index is -3.75. The molecule has 3 aromatic carbocycles. The van der Waals surface area contributed by atoms with E-state index in [0.717, 1.165) is 24.7 Å². The van der Waals surface area contributed by atoms with Crippen LogP contribution in [0.3, 0.4) is 0 Å². The molecule has 0 atom stereocenters. The van der Waals surface area contributed by atoms with Gasteiger partial charge in [0.1, 0.15) is 23.0 Å². The van der Waals surface area contributed by atoms with Crippen LogP contribution in [0.5, 0.6) is 0 Å². The number of nitrogens with zero attached hydrogens (tertiary/aromatic N) is 1. The van der Waals surface area contributed by atoms with Gasteiger partial charge in [-0.1, -0.05) is 12.1 Å². The minimum absolute atomic E-state index is 0.000308. The summed E-state index contributed by atoms with van der Waals surface area (Å²) < 4.78 is 74.5. The van der Waals surface area contributed by atoms with Crippen LogP contribution in [0.1, 0.15) is 73.5 Å². The van der Waals surface area contributed by atoms with Gasteiger partial charge < -0.3 is 19.5 Å². The van der Waals surface area contributed by atoms with Gasteiger partial charge in [0.15, 0.2) is 0 Å². The van der Waals surface area contributed by atoms with Crippen LogP contribution in [0, 0.1) is 11.6 Å². The number of hydrogen-bond acceptors (Lipinski definition) is 6. The van der Waals surface area contributed by atoms with E-state index in [2.05, 4.69) is 0 Å². The highest BCUT2D eigenvalue weighted by Crippen LogP contribution is 2.45. The topological polar surface area (TPSA) is 112 Å². The predicted molar refractivity (Wildman–Crippen MR) is 168 cm³/mol. The fourth-order valence-electron chi connectivity index (χ4n) is 5.68. The number of hydrogen-bond donors (Lipinski definition) is 1. The molecule has 0 bridgehead atoms. The molecule has 45 heavy (non-hydrogen) atoms. The molecule has 1 aliphatic heterocycles. The maximum Gasteiger partial charge on any atom is 0.497 e. The quantitative estimate of drug-likeness (QED) is 0.239. The predicted octanol–water partition coefficient (Wildman–Crippen LogP) is 5.62. The molecule has 1 saturated heterocycles. The second-order valence-corrected chi connectivity index (χ2v) is 15.0. The van der Waals surface area contributed by atoms with E-state index in [1.807, 2.05) is 33.8 Å². The first kappa shape index (κ1) is 31.4. The third-order valence-electron chi connectivity index (χ3n) is 9.07. The first-order valence-electron chi connectivity index (χ1n) is 14.8. The van der Waals surface area contributed by atoms with Gasteiger partial charge in [-0.2, -0.15) is 4.31 Å². The van der Waals surface area contributed by atoms with Crippen LogP contribution in [0.15, 0.2) is 59.0 Å². The molecule has 0 unspecified atom stereocenters. The number of rotatable bonds is 9. The molecule has 2 N–H and O–H groups in total. The standard InChI is InChI=1S/C33H35BF2N2O6S/c1-32(2)33(3,4)44-34(43-32)26-13-6-19(14-27(26)36)17-38(45(5,40)41)18-22-15-28-25(16-24(22)20-7-8-20)29(31(37)39)30(42-28)21-9-11-23(35)12-10-21/h6,9-16,20H,7-8,17-18H2,1-5H3,(H2,37,39). The SMILES string of the molecule is CC1(C)OB(c2ccc(CN(Cc3cc4oc(-c5ccc(F)cc5)c(C(N)=O)c4cc3C3CC3)S(C)(=O)=O)cc2F)OC1(C)C. The van der Waals surface area contributed by atoms with E-state index in [9.17, 15) is 17.6 Å². The van der Waals surface area contributed by atoms with Crippen molar-refractivity contribution in [1.82, 2.24) is 4.31 Å². The Morgan fingerprint density at radius 3 is 2.18 bits per heavy atom. The third-order valence-corrected chi connectivity index (χ3v) is 10.3. The Morgan fingerprint density at radius 1 is 0.978 bits per heavy atom. The number of fused-ring (bicyclic) bond motifs is 1. The van der Waals surface area contributed by atoms with Crippen molar-refractivity contribution in [3.05, 3.63) is 88.5 Å². The van der Waals surface area contributed by atoms with E-state index in [-0.39, 0.29) is 35.8 Å². The Bertz CT molecular complexity index is 1900. The first-order chi connectivity index (χ1) is 21.0. The molecular formula is C33H35BF2N2O6S. The molecule has 0 spiro atoms. The Hall–Kier alpha value is -3.58. The van der Waals surface area contributed by atoms with Gasteiger partial charge >= 0.3 is 7.12 Å². The highest BCUT2D eigenvalue weighted by molar-refractivity contribution is 7.88. The van der Waals surface area contributed by atoms with Gasteiger partial charge in [0, 0.05) is 29.5 Å². The first-order valence-corrected chi connectivity index (χ1v) is 16.6. The molecule has 4 aromatic rings. The van der Waals surface area contributed by atoms with Crippen LogP contribution in [0.2, 0.25) is 0 Å². The lowest BCUT2D eigenvalue weighted by molar-refractivity contribution is 0.00578. The van der Waals surface area contributed by atoms with Gasteiger partial charge in [0.25, 0.3) is 5.91 Å². The van der Waals surface area contributed by atoms with Crippen LogP contribution >= 0.6 is 0 Å². The average molecular weight is 637 g/mol. The molecule has 1 aliphatic carbocycles. The van der Waals surface area contributed by atoms with Crippen molar-refractivity contribution in [2.75, 3.05) is 6.26 Å². The summed E-state index contributed by atoms with van der Waals surface area (Å²) >= 11 is 0. The highest BCUT2D eigenvalue weighted by atomic mass is 32.2. The Kier molecular flexibility index (Phi) is 7.71. The second-order valence-electron chi connectivity index (χ2n) is 13.0. The van der Waals surface area contributed by atoms with Gasteiger partial charge in [-0.15, -0.1) is 0 Å². The number of amides is 1. The molecule has 0 radical (unpaired) electrons. The smallest absolute Gasteiger partial charge is 0.455 e. The molecule has 1 saturated carbocycles. The molecular weight excluding hydrogens is 601 g/mol. The number of nitrogens with two attached hydrogens (primary N) is 1. The zero-order chi connectivity index (χ0) is 32.5. The fraction of sp³-hybridized carbons (Fsp3) is 0.364. The van der Waals surface area contributed by atoms with E-state index in [1.165, 1.54) is 34.6 Å². The zero-order valence-electron chi connectivity index (χ0n) is 25.8. The number of halogens is 2. The van der Waals surface area contributed by atoms with Crippen LogP contribution < -0.4 is 11.2 Å². The lowest BCUT2D eigenvalue weighted by Gasteiger charge is -2.32. The number of benzene rings is 3. The molecule has 2 aliphatic rings. The van der Waals surface area contributed by atoms with E-state index >= 15 is 4.39 Å². The van der Waals surface area contributed by atoms with Crippen LogP contribution in [0.25, 0.3) is 22.3 Å². The van der Waals surface area contributed by atoms with E-state index < -0.39 is 45.9 Å². The summed E-state index contributed by atoms with van der Waals surface area (Å²) in [6.45, 7) is 7.47. The highest BCUT2D eigenvalue weighted by Gasteiger charge is 2.52. The lowest BCUT2D eigenvalue weighted by atomic mass is 9.78. The number of furan rings is 1. The zero-order valence-corrected chi connectivity index (χ0v) is 26.6. The molecule has 6 rings (SSSR count). The van der Waals surface area contributed by atoms with Crippen LogP contribution in [-0.2, 0) is 32.4 Å². The Balaban J connectivity index is 1.34. The molecule has 2 heterocycles. The van der Waals surface area contributed by atoms with Gasteiger partial charge in [0.2, 0.25) is 10.0 Å². The molecule has 8 nitrogen and oxygen atoms in total. The van der Waals surface area contributed by atoms with E-state index in [1.54, 1.807) is 18.2 Å². The van der Waals surface area contributed by atoms with E-state index in [0.29, 0.717) is 27.7 Å². The summed E-state index contributed by atoms with van der Waals surface area (Å²) in [5.41, 5.74) is 7.83. The Morgan fingerprint density at radius 2 is 1.62 bits per heavy atom. The molecule has 12 heteroatoms. The summed E-state index contributed by atoms with van der Waals surface area (Å²) in [5.74, 6) is -1.27. The summed E-state index contributed by atoms with van der Waals surface area (Å²) in [5, 5.41) is 0.513. The minimum Gasteiger partial charge on any atom is -0.455 e. The van der Waals surface area contributed by atoms with Gasteiger partial charge in [-0.05, 0) is 106 Å². The normalized spacial score (nSPS) is 17.8. The fourth-order valence-corrected chi connectivity index (χ4v) is 6.43. The van der Waals surface area contributed by atoms with Crippen molar-refractivity contribution < 1.29 is 35.7 Å². The van der Waals surface area contributed by atoms with Crippen molar-refractivity contribution in [2.45, 2.75) is 70.7 Å². The molecule has 1 amide bonds. The number of sulfonamides is 1. The monoisotopic (exact) mass is 636 g/mol. The van der Waals surface area contributed by atoms with Crippen molar-refractivity contribution in [2.24, 2.45) is 5.73 Å². The van der Waals surface area contributed by atoms with Crippen LogP contribution in [-0.4, -0.2) is 43.2 Å². The maximum atomic E-state index is 15.4. The summed E-state index contributed by atoms with van der Waals surface area (Å²) in [4.78, 5) is 12.6. The van der Waals surface area contributed by atoms with Gasteiger partial charge in [0.05, 0.1) is 23.0 Å². The van der Waals surface area contributed by atoms with Crippen molar-refractivity contribution in [1.29, 1.82) is 0 Å². The van der Waals surface area contributed by atoms with Gasteiger partial charge in [-0.3, -0.25) is 4.79 Å². The average Bonchev–Trinajstić information content (AvgIpc) is 3.67. The largest absolute Gasteiger partial charge is 0.497 e. The van der Waals surface area contributed by atoms with Crippen molar-refractivity contribution in [3.8, 4) is 11.3 Å². The number of carbonyl (C=O) groups excluding carboxylic acids is 1. The number of primary amides is 1. The van der Waals surface area contributed by atoms with Crippen LogP contribution in [0.4, 0.5) is 8.78 Å². The van der Waals surface area contributed by atoms with Gasteiger partial charge in [-0.25, -0.2) is 17.2 Å². The summed E-state index contributed by atoms with van der Waals surface area (Å²) in [6, 6.07) is 13.7. The maximum absolute atomic E-state index is 15.4. The Labute approximate surface area is 261 Å². The summed E-state index contributed by atoms with van der Waals surface area (Å²) in [6.07, 6.45) is 2.94.